The van der Waals surface area contributed by atoms with Crippen LogP contribution in [0.25, 0.3) is 0 Å². The monoisotopic (exact) mass is 254 g/mol. The highest BCUT2D eigenvalue weighted by Crippen LogP contribution is 2.89. The molecule has 0 N–H and O–H groups in total. The summed E-state index contributed by atoms with van der Waals surface area (Å²) in [6, 6.07) is 0. The lowest BCUT2D eigenvalue weighted by Crippen LogP contribution is -2.52. The molecular formula is C19H26. The highest BCUT2D eigenvalue weighted by molar-refractivity contribution is 5.31. The largest absolute Gasteiger partial charge is 0.0654 e. The van der Waals surface area contributed by atoms with Gasteiger partial charge in [-0.2, -0.15) is 0 Å². The van der Waals surface area contributed by atoms with Gasteiger partial charge in [0.2, 0.25) is 0 Å². The molecule has 0 spiro atoms. The molecule has 102 valence electrons. The van der Waals surface area contributed by atoms with Gasteiger partial charge in [-0.05, 0) is 103 Å². The fourth-order valence-corrected chi connectivity index (χ4v) is 10.8. The van der Waals surface area contributed by atoms with E-state index in [4.69, 9.17) is 0 Å². The van der Waals surface area contributed by atoms with Crippen LogP contribution in [0.4, 0.5) is 0 Å². The SMILES string of the molecule is CCCC12CC3C4CC5CC6C(C1)C1C3C5C4C6C12. The zero-order valence-electron chi connectivity index (χ0n) is 12.1. The number of rotatable bonds is 2. The van der Waals surface area contributed by atoms with Crippen LogP contribution in [0.1, 0.15) is 45.4 Å². The second-order valence-corrected chi connectivity index (χ2v) is 9.82. The highest BCUT2D eigenvalue weighted by Gasteiger charge is 2.83. The lowest BCUT2D eigenvalue weighted by molar-refractivity contribution is -0.0967. The average molecular weight is 254 g/mol. The Morgan fingerprint density at radius 2 is 1.42 bits per heavy atom. The molecule has 0 heterocycles. The summed E-state index contributed by atoms with van der Waals surface area (Å²) in [5.41, 5.74) is 0.883. The lowest BCUT2D eigenvalue weighted by atomic mass is 9.47. The van der Waals surface area contributed by atoms with Crippen LogP contribution in [0.15, 0.2) is 0 Å². The molecule has 19 heavy (non-hydrogen) atoms. The Hall–Kier alpha value is 0. The van der Waals surface area contributed by atoms with E-state index in [9.17, 15) is 0 Å². The third-order valence-electron chi connectivity index (χ3n) is 10.1. The second-order valence-electron chi connectivity index (χ2n) is 9.82. The van der Waals surface area contributed by atoms with Crippen molar-refractivity contribution in [2.75, 3.05) is 0 Å². The zero-order chi connectivity index (χ0) is 12.1. The van der Waals surface area contributed by atoms with Crippen LogP contribution in [0.2, 0.25) is 0 Å². The number of hydrogen-bond donors (Lipinski definition) is 0. The molecule has 0 nitrogen and oxygen atoms in total. The normalized spacial score (nSPS) is 79.1. The van der Waals surface area contributed by atoms with Gasteiger partial charge in [-0.25, -0.2) is 0 Å². The fourth-order valence-electron chi connectivity index (χ4n) is 10.8. The van der Waals surface area contributed by atoms with Crippen LogP contribution in [0.3, 0.4) is 0 Å². The van der Waals surface area contributed by atoms with Gasteiger partial charge in [-0.1, -0.05) is 13.3 Å². The molecule has 12 unspecified atom stereocenters. The Balaban J connectivity index is 1.52. The van der Waals surface area contributed by atoms with Gasteiger partial charge in [0.1, 0.15) is 0 Å². The molecule has 0 aromatic carbocycles. The predicted molar refractivity (Wildman–Crippen MR) is 74.2 cm³/mol. The first-order valence-corrected chi connectivity index (χ1v) is 9.34. The van der Waals surface area contributed by atoms with Crippen molar-refractivity contribution in [3.8, 4) is 0 Å². The van der Waals surface area contributed by atoms with E-state index in [0.717, 1.165) is 5.41 Å². The molecule has 0 heteroatoms. The van der Waals surface area contributed by atoms with Crippen molar-refractivity contribution < 1.29 is 0 Å². The van der Waals surface area contributed by atoms with Gasteiger partial charge < -0.3 is 0 Å². The van der Waals surface area contributed by atoms with Crippen molar-refractivity contribution in [3.05, 3.63) is 0 Å². The van der Waals surface area contributed by atoms with E-state index in [0.29, 0.717) is 0 Å². The summed E-state index contributed by atoms with van der Waals surface area (Å²) >= 11 is 0. The first kappa shape index (κ1) is 9.85. The van der Waals surface area contributed by atoms with Crippen molar-refractivity contribution in [1.82, 2.24) is 0 Å². The van der Waals surface area contributed by atoms with Crippen LogP contribution in [-0.2, 0) is 0 Å². The topological polar surface area (TPSA) is 0 Å². The average Bonchev–Trinajstić information content (AvgIpc) is 2.96. The van der Waals surface area contributed by atoms with Crippen molar-refractivity contribution in [2.45, 2.75) is 45.4 Å². The molecule has 7 aliphatic carbocycles. The summed E-state index contributed by atoms with van der Waals surface area (Å²) < 4.78 is 0. The molecule has 10 bridgehead atoms. The summed E-state index contributed by atoms with van der Waals surface area (Å²) in [4.78, 5) is 0. The van der Waals surface area contributed by atoms with Crippen LogP contribution < -0.4 is 0 Å². The van der Waals surface area contributed by atoms with E-state index < -0.39 is 0 Å². The fraction of sp³-hybridized carbons (Fsp3) is 1.00. The first-order valence-electron chi connectivity index (χ1n) is 9.34. The minimum absolute atomic E-state index is 0.883. The maximum Gasteiger partial charge on any atom is -0.0258 e. The van der Waals surface area contributed by atoms with Gasteiger partial charge in [0, 0.05) is 0 Å². The molecule has 0 aromatic heterocycles. The van der Waals surface area contributed by atoms with Crippen molar-refractivity contribution in [1.29, 1.82) is 0 Å². The molecule has 0 aromatic rings. The standard InChI is InChI=1S/C19H26/c1-2-3-19-6-11-9-4-8-5-10-12(7-19)17-15(11)13(8)14(9)16(10)18(17)19/h8-18H,2-7H2,1H3. The highest BCUT2D eigenvalue weighted by atomic mass is 14.9. The van der Waals surface area contributed by atoms with E-state index in [1.54, 1.807) is 32.1 Å². The van der Waals surface area contributed by atoms with Gasteiger partial charge >= 0.3 is 0 Å². The quantitative estimate of drug-likeness (QED) is 0.692. The molecule has 0 aliphatic heterocycles. The Bertz CT molecular complexity index is 494. The summed E-state index contributed by atoms with van der Waals surface area (Å²) in [6.07, 6.45) is 9.86. The molecular weight excluding hydrogens is 228 g/mol. The van der Waals surface area contributed by atoms with Crippen LogP contribution in [0, 0.1) is 70.5 Å². The minimum atomic E-state index is 0.883. The Morgan fingerprint density at radius 3 is 2.21 bits per heavy atom. The second kappa shape index (κ2) is 2.57. The third-order valence-corrected chi connectivity index (χ3v) is 10.1. The molecule has 7 rings (SSSR count). The first-order chi connectivity index (χ1) is 9.34. The van der Waals surface area contributed by atoms with E-state index >= 15 is 0 Å². The van der Waals surface area contributed by atoms with Crippen LogP contribution in [-0.4, -0.2) is 0 Å². The number of fused-ring (bicyclic) bond motifs is 2. The minimum Gasteiger partial charge on any atom is -0.0654 e. The van der Waals surface area contributed by atoms with Gasteiger partial charge in [0.05, 0.1) is 0 Å². The summed E-state index contributed by atoms with van der Waals surface area (Å²) in [5, 5.41) is 0. The maximum atomic E-state index is 2.46. The maximum absolute atomic E-state index is 2.46. The van der Waals surface area contributed by atoms with Gasteiger partial charge in [-0.15, -0.1) is 0 Å². The molecule has 7 fully saturated rings. The van der Waals surface area contributed by atoms with Gasteiger partial charge in [0.25, 0.3) is 0 Å². The third kappa shape index (κ3) is 0.720. The van der Waals surface area contributed by atoms with Crippen LogP contribution >= 0.6 is 0 Å². The number of hydrogen-bond acceptors (Lipinski definition) is 0. The Morgan fingerprint density at radius 1 is 0.789 bits per heavy atom. The van der Waals surface area contributed by atoms with Gasteiger partial charge in [0.15, 0.2) is 0 Å². The Labute approximate surface area is 116 Å². The van der Waals surface area contributed by atoms with Crippen molar-refractivity contribution >= 4 is 0 Å². The molecule has 0 saturated heterocycles. The van der Waals surface area contributed by atoms with E-state index in [1.807, 2.05) is 0 Å². The Kier molecular flexibility index (Phi) is 1.33. The predicted octanol–water partition coefficient (Wildman–Crippen LogP) is 4.21. The van der Waals surface area contributed by atoms with Crippen molar-refractivity contribution in [2.24, 2.45) is 70.5 Å². The molecule has 7 aliphatic rings. The zero-order valence-corrected chi connectivity index (χ0v) is 12.1. The van der Waals surface area contributed by atoms with Gasteiger partial charge in [-0.3, -0.25) is 0 Å². The molecule has 12 atom stereocenters. The lowest BCUT2D eigenvalue weighted by Gasteiger charge is -2.57. The molecule has 7 saturated carbocycles. The molecule has 0 radical (unpaired) electrons. The molecule has 0 amide bonds. The van der Waals surface area contributed by atoms with Crippen molar-refractivity contribution in [3.63, 3.8) is 0 Å². The van der Waals surface area contributed by atoms with E-state index in [2.05, 4.69) is 6.92 Å². The summed E-state index contributed by atoms with van der Waals surface area (Å²) in [7, 11) is 0. The van der Waals surface area contributed by atoms with E-state index in [-0.39, 0.29) is 0 Å². The smallest absolute Gasteiger partial charge is 0.0258 e. The summed E-state index contributed by atoms with van der Waals surface area (Å²) in [5.74, 6) is 13.7. The van der Waals surface area contributed by atoms with E-state index in [1.165, 1.54) is 71.5 Å². The summed E-state index contributed by atoms with van der Waals surface area (Å²) in [6.45, 7) is 2.46. The van der Waals surface area contributed by atoms with Crippen LogP contribution in [0.5, 0.6) is 0 Å².